The monoisotopic (exact) mass is 480 g/mol. The summed E-state index contributed by atoms with van der Waals surface area (Å²) in [6.45, 7) is 3.77. The zero-order valence-corrected chi connectivity index (χ0v) is 18.4. The van der Waals surface area contributed by atoms with E-state index >= 15 is 0 Å². The standard InChI is InChI=1S/C20H16ClF3N6OS/c1-11-3-5-14(6-4-11)30-16(7-12(2)28-30)25-17(31)10-32-19-27-26-18-15(21)8-13(9-29(18)19)20(22,23)24/h3-9H,10H2,1-2H3,(H,25,31). The predicted molar refractivity (Wildman–Crippen MR) is 115 cm³/mol. The molecular weight excluding hydrogens is 465 g/mol. The molecule has 4 aromatic rings. The second kappa shape index (κ2) is 8.47. The van der Waals surface area contributed by atoms with E-state index in [4.69, 9.17) is 11.6 Å². The summed E-state index contributed by atoms with van der Waals surface area (Å²) in [4.78, 5) is 12.5. The van der Waals surface area contributed by atoms with Gasteiger partial charge in [0.25, 0.3) is 0 Å². The molecule has 12 heteroatoms. The highest BCUT2D eigenvalue weighted by Crippen LogP contribution is 2.33. The normalized spacial score (nSPS) is 11.8. The van der Waals surface area contributed by atoms with Crippen LogP contribution in [0.5, 0.6) is 0 Å². The van der Waals surface area contributed by atoms with E-state index in [1.54, 1.807) is 17.7 Å². The van der Waals surface area contributed by atoms with Crippen molar-refractivity contribution < 1.29 is 18.0 Å². The maximum absolute atomic E-state index is 13.1. The van der Waals surface area contributed by atoms with Gasteiger partial charge in [-0.1, -0.05) is 41.1 Å². The molecule has 0 aliphatic heterocycles. The highest BCUT2D eigenvalue weighted by atomic mass is 35.5. The van der Waals surface area contributed by atoms with Crippen LogP contribution in [0.1, 0.15) is 16.8 Å². The third kappa shape index (κ3) is 4.58. The van der Waals surface area contributed by atoms with Crippen molar-refractivity contribution in [2.75, 3.05) is 11.1 Å². The molecular formula is C20H16ClF3N6OS. The molecule has 0 fully saturated rings. The van der Waals surface area contributed by atoms with Crippen LogP contribution in [0, 0.1) is 13.8 Å². The molecule has 7 nitrogen and oxygen atoms in total. The number of benzene rings is 1. The molecule has 0 radical (unpaired) electrons. The Bertz CT molecular complexity index is 1300. The summed E-state index contributed by atoms with van der Waals surface area (Å²) in [6.07, 6.45) is -3.72. The Morgan fingerprint density at radius 1 is 1.16 bits per heavy atom. The smallest absolute Gasteiger partial charge is 0.310 e. The van der Waals surface area contributed by atoms with E-state index in [1.807, 2.05) is 31.2 Å². The van der Waals surface area contributed by atoms with Crippen molar-refractivity contribution in [1.82, 2.24) is 24.4 Å². The van der Waals surface area contributed by atoms with Gasteiger partial charge >= 0.3 is 6.18 Å². The highest BCUT2D eigenvalue weighted by molar-refractivity contribution is 7.99. The Labute approximate surface area is 189 Å². The third-order valence-electron chi connectivity index (χ3n) is 4.47. The number of hydrogen-bond donors (Lipinski definition) is 1. The second-order valence-electron chi connectivity index (χ2n) is 7.01. The molecule has 32 heavy (non-hydrogen) atoms. The number of thioether (sulfide) groups is 1. The van der Waals surface area contributed by atoms with Gasteiger partial charge in [-0.15, -0.1) is 10.2 Å². The van der Waals surface area contributed by atoms with Crippen LogP contribution < -0.4 is 5.32 Å². The number of amides is 1. The van der Waals surface area contributed by atoms with Gasteiger partial charge in [-0.25, -0.2) is 4.68 Å². The molecule has 0 aliphatic rings. The average Bonchev–Trinajstić information content (AvgIpc) is 3.30. The molecule has 0 saturated heterocycles. The first-order valence-electron chi connectivity index (χ1n) is 9.29. The lowest BCUT2D eigenvalue weighted by molar-refractivity contribution is -0.137. The van der Waals surface area contributed by atoms with Gasteiger partial charge in [-0.3, -0.25) is 9.20 Å². The van der Waals surface area contributed by atoms with Gasteiger partial charge in [-0.2, -0.15) is 18.3 Å². The van der Waals surface area contributed by atoms with Crippen molar-refractivity contribution in [3.63, 3.8) is 0 Å². The molecule has 0 aliphatic carbocycles. The number of aromatic nitrogens is 5. The molecule has 1 amide bonds. The summed E-state index contributed by atoms with van der Waals surface area (Å²) in [5.74, 6) is -0.00388. The Morgan fingerprint density at radius 3 is 2.56 bits per heavy atom. The lowest BCUT2D eigenvalue weighted by Crippen LogP contribution is -2.17. The number of alkyl halides is 3. The van der Waals surface area contributed by atoms with Crippen LogP contribution >= 0.6 is 23.4 Å². The van der Waals surface area contributed by atoms with Gasteiger partial charge in [0.05, 0.1) is 27.7 Å². The molecule has 0 saturated carbocycles. The van der Waals surface area contributed by atoms with Crippen molar-refractivity contribution in [2.24, 2.45) is 0 Å². The van der Waals surface area contributed by atoms with Crippen LogP contribution in [-0.4, -0.2) is 36.0 Å². The fourth-order valence-corrected chi connectivity index (χ4v) is 3.92. The number of fused-ring (bicyclic) bond motifs is 1. The number of halogens is 4. The van der Waals surface area contributed by atoms with E-state index in [0.29, 0.717) is 11.5 Å². The maximum Gasteiger partial charge on any atom is 0.417 e. The minimum absolute atomic E-state index is 0.0793. The minimum atomic E-state index is -4.58. The summed E-state index contributed by atoms with van der Waals surface area (Å²) in [6, 6.07) is 10.2. The quantitative estimate of drug-likeness (QED) is 0.410. The second-order valence-corrected chi connectivity index (χ2v) is 8.36. The van der Waals surface area contributed by atoms with Crippen molar-refractivity contribution in [1.29, 1.82) is 0 Å². The molecule has 0 spiro atoms. The minimum Gasteiger partial charge on any atom is -0.310 e. The molecule has 3 aromatic heterocycles. The van der Waals surface area contributed by atoms with E-state index in [2.05, 4.69) is 20.6 Å². The van der Waals surface area contributed by atoms with Crippen LogP contribution in [-0.2, 0) is 11.0 Å². The van der Waals surface area contributed by atoms with Gasteiger partial charge < -0.3 is 5.32 Å². The number of carbonyl (C=O) groups is 1. The van der Waals surface area contributed by atoms with E-state index in [1.165, 1.54) is 0 Å². The lowest BCUT2D eigenvalue weighted by atomic mass is 10.2. The number of carbonyl (C=O) groups excluding carboxylic acids is 1. The summed E-state index contributed by atoms with van der Waals surface area (Å²) in [7, 11) is 0. The largest absolute Gasteiger partial charge is 0.417 e. The number of pyridine rings is 1. The van der Waals surface area contributed by atoms with Gasteiger partial charge in [0, 0.05) is 12.3 Å². The molecule has 0 atom stereocenters. The van der Waals surface area contributed by atoms with E-state index < -0.39 is 11.7 Å². The average molecular weight is 481 g/mol. The zero-order valence-electron chi connectivity index (χ0n) is 16.8. The van der Waals surface area contributed by atoms with Crippen molar-refractivity contribution in [3.05, 3.63) is 64.4 Å². The fourth-order valence-electron chi connectivity index (χ4n) is 2.97. The van der Waals surface area contributed by atoms with E-state index in [-0.39, 0.29) is 27.5 Å². The number of aryl methyl sites for hydroxylation is 2. The van der Waals surface area contributed by atoms with Crippen LogP contribution in [0.4, 0.5) is 19.0 Å². The summed E-state index contributed by atoms with van der Waals surface area (Å²) < 4.78 is 42.0. The van der Waals surface area contributed by atoms with Crippen molar-refractivity contribution >= 4 is 40.7 Å². The lowest BCUT2D eigenvalue weighted by Gasteiger charge is -2.10. The van der Waals surface area contributed by atoms with Gasteiger partial charge in [0.2, 0.25) is 5.91 Å². The van der Waals surface area contributed by atoms with Crippen LogP contribution in [0.3, 0.4) is 0 Å². The molecule has 1 N–H and O–H groups in total. The van der Waals surface area contributed by atoms with Gasteiger partial charge in [0.1, 0.15) is 5.82 Å². The molecule has 166 valence electrons. The van der Waals surface area contributed by atoms with E-state index in [0.717, 1.165) is 39.7 Å². The Hall–Kier alpha value is -3.05. The SMILES string of the molecule is Cc1ccc(-n2nc(C)cc2NC(=O)CSc2nnc3c(Cl)cc(C(F)(F)F)cn23)cc1. The number of hydrogen-bond acceptors (Lipinski definition) is 5. The van der Waals surface area contributed by atoms with Crippen LogP contribution in [0.2, 0.25) is 5.02 Å². The molecule has 4 rings (SSSR count). The third-order valence-corrected chi connectivity index (χ3v) is 5.69. The number of rotatable bonds is 5. The van der Waals surface area contributed by atoms with Gasteiger partial charge in [0.15, 0.2) is 10.8 Å². The zero-order chi connectivity index (χ0) is 23.0. The first-order valence-corrected chi connectivity index (χ1v) is 10.7. The predicted octanol–water partition coefficient (Wildman–Crippen LogP) is 4.93. The van der Waals surface area contributed by atoms with Crippen LogP contribution in [0.15, 0.2) is 47.8 Å². The molecule has 0 bridgehead atoms. The Morgan fingerprint density at radius 2 is 1.88 bits per heavy atom. The summed E-state index contributed by atoms with van der Waals surface area (Å²) >= 11 is 6.86. The molecule has 1 aromatic carbocycles. The van der Waals surface area contributed by atoms with Gasteiger partial charge in [-0.05, 0) is 32.0 Å². The Kier molecular flexibility index (Phi) is 5.87. The number of anilines is 1. The summed E-state index contributed by atoms with van der Waals surface area (Å²) in [5.41, 5.74) is 1.74. The van der Waals surface area contributed by atoms with Crippen LogP contribution in [0.25, 0.3) is 11.3 Å². The molecule has 3 heterocycles. The van der Waals surface area contributed by atoms with Crippen molar-refractivity contribution in [2.45, 2.75) is 25.2 Å². The Balaban J connectivity index is 1.51. The summed E-state index contributed by atoms with van der Waals surface area (Å²) in [5, 5.41) is 14.8. The fraction of sp³-hybridized carbons (Fsp3) is 0.200. The first-order chi connectivity index (χ1) is 15.1. The molecule has 0 unspecified atom stereocenters. The van der Waals surface area contributed by atoms with E-state index in [9.17, 15) is 18.0 Å². The van der Waals surface area contributed by atoms with Crippen molar-refractivity contribution in [3.8, 4) is 5.69 Å². The first kappa shape index (κ1) is 22.2. The topological polar surface area (TPSA) is 77.1 Å². The number of nitrogens with zero attached hydrogens (tertiary/aromatic N) is 5. The maximum atomic E-state index is 13.1. The highest BCUT2D eigenvalue weighted by Gasteiger charge is 2.32. The number of nitrogens with one attached hydrogen (secondary N) is 1.